The molecule has 0 saturated heterocycles. The predicted octanol–water partition coefficient (Wildman–Crippen LogP) is 3.92. The van der Waals surface area contributed by atoms with Crippen LogP contribution in [0.1, 0.15) is 11.3 Å². The Kier molecular flexibility index (Phi) is 2.57. The summed E-state index contributed by atoms with van der Waals surface area (Å²) in [6.45, 7) is 4.09. The molecule has 0 aromatic carbocycles. The highest BCUT2D eigenvalue weighted by Gasteiger charge is 2.14. The van der Waals surface area contributed by atoms with Gasteiger partial charge in [0.15, 0.2) is 0 Å². The molecule has 0 bridgehead atoms. The van der Waals surface area contributed by atoms with E-state index in [0.29, 0.717) is 5.82 Å². The molecule has 3 nitrogen and oxygen atoms in total. The monoisotopic (exact) mass is 277 g/mol. The predicted molar refractivity (Wildman–Crippen MR) is 77.4 cm³/mol. The maximum atomic E-state index is 6.20. The van der Waals surface area contributed by atoms with Gasteiger partial charge in [0.25, 0.3) is 0 Å². The highest BCUT2D eigenvalue weighted by atomic mass is 35.5. The van der Waals surface area contributed by atoms with Gasteiger partial charge in [-0.25, -0.2) is 4.98 Å². The Morgan fingerprint density at radius 2 is 2.06 bits per heavy atom. The highest BCUT2D eigenvalue weighted by molar-refractivity contribution is 7.14. The highest BCUT2D eigenvalue weighted by Crippen LogP contribution is 2.33. The minimum atomic E-state index is 0.668. The number of fused-ring (bicyclic) bond motifs is 1. The van der Waals surface area contributed by atoms with E-state index in [2.05, 4.69) is 18.0 Å². The van der Waals surface area contributed by atoms with Gasteiger partial charge in [0.05, 0.1) is 9.90 Å². The van der Waals surface area contributed by atoms with Crippen LogP contribution in [0.2, 0.25) is 5.02 Å². The quantitative estimate of drug-likeness (QED) is 0.733. The molecule has 92 valence electrons. The Labute approximate surface area is 114 Å². The van der Waals surface area contributed by atoms with Gasteiger partial charge < -0.3 is 5.73 Å². The average molecular weight is 278 g/mol. The number of aryl methyl sites for hydroxylation is 2. The fourth-order valence-corrected chi connectivity index (χ4v) is 3.25. The van der Waals surface area contributed by atoms with Crippen molar-refractivity contribution in [2.24, 2.45) is 0 Å². The molecule has 0 fully saturated rings. The lowest BCUT2D eigenvalue weighted by molar-refractivity contribution is 1.09. The van der Waals surface area contributed by atoms with Gasteiger partial charge in [-0.1, -0.05) is 11.6 Å². The number of aromatic nitrogens is 2. The fourth-order valence-electron chi connectivity index (χ4n) is 2.18. The standard InChI is InChI=1S/C13H12ClN3S/c1-7-3-8(2)17-11(4-7)16-12(13(17)15)10-5-9(14)6-18-10/h3-6H,15H2,1-2H3. The van der Waals surface area contributed by atoms with Crippen molar-refractivity contribution in [3.05, 3.63) is 39.9 Å². The molecular formula is C13H12ClN3S. The van der Waals surface area contributed by atoms with Crippen LogP contribution >= 0.6 is 22.9 Å². The molecule has 0 saturated carbocycles. The van der Waals surface area contributed by atoms with Crippen LogP contribution in [0.25, 0.3) is 16.2 Å². The lowest BCUT2D eigenvalue weighted by atomic mass is 10.2. The summed E-state index contributed by atoms with van der Waals surface area (Å²) in [7, 11) is 0. The lowest BCUT2D eigenvalue weighted by Crippen LogP contribution is -1.98. The molecule has 3 heterocycles. The molecule has 3 rings (SSSR count). The van der Waals surface area contributed by atoms with Gasteiger partial charge in [0.1, 0.15) is 17.2 Å². The first-order chi connectivity index (χ1) is 8.56. The van der Waals surface area contributed by atoms with Crippen LogP contribution in [0.5, 0.6) is 0 Å². The summed E-state index contributed by atoms with van der Waals surface area (Å²) >= 11 is 7.51. The molecule has 0 aliphatic carbocycles. The van der Waals surface area contributed by atoms with Crippen molar-refractivity contribution in [2.45, 2.75) is 13.8 Å². The Morgan fingerprint density at radius 1 is 1.28 bits per heavy atom. The summed E-state index contributed by atoms with van der Waals surface area (Å²) < 4.78 is 1.97. The molecule has 5 heteroatoms. The molecule has 18 heavy (non-hydrogen) atoms. The third kappa shape index (κ3) is 1.69. The van der Waals surface area contributed by atoms with Crippen LogP contribution in [-0.2, 0) is 0 Å². The van der Waals surface area contributed by atoms with Gasteiger partial charge in [-0.05, 0) is 37.6 Å². The van der Waals surface area contributed by atoms with Crippen molar-refractivity contribution in [3.63, 3.8) is 0 Å². The van der Waals surface area contributed by atoms with E-state index in [4.69, 9.17) is 17.3 Å². The summed E-state index contributed by atoms with van der Waals surface area (Å²) in [5, 5.41) is 2.61. The van der Waals surface area contributed by atoms with Gasteiger partial charge >= 0.3 is 0 Å². The van der Waals surface area contributed by atoms with E-state index in [1.165, 1.54) is 5.56 Å². The number of imidazole rings is 1. The number of halogens is 1. The Hall–Kier alpha value is -1.52. The summed E-state index contributed by atoms with van der Waals surface area (Å²) in [5.74, 6) is 0.668. The number of anilines is 1. The van der Waals surface area contributed by atoms with Gasteiger partial charge in [-0.2, -0.15) is 0 Å². The van der Waals surface area contributed by atoms with Crippen molar-refractivity contribution >= 4 is 34.4 Å². The number of thiophene rings is 1. The molecular weight excluding hydrogens is 266 g/mol. The molecule has 0 atom stereocenters. The molecule has 0 aliphatic heterocycles. The average Bonchev–Trinajstić information content (AvgIpc) is 2.83. The number of pyridine rings is 1. The van der Waals surface area contributed by atoms with Crippen molar-refractivity contribution in [1.29, 1.82) is 0 Å². The molecule has 0 radical (unpaired) electrons. The number of nitrogen functional groups attached to an aromatic ring is 1. The van der Waals surface area contributed by atoms with Gasteiger partial charge in [-0.15, -0.1) is 11.3 Å². The summed E-state index contributed by atoms with van der Waals surface area (Å²) in [6, 6.07) is 6.02. The first-order valence-corrected chi connectivity index (χ1v) is 6.81. The normalized spacial score (nSPS) is 11.3. The first kappa shape index (κ1) is 11.6. The maximum absolute atomic E-state index is 6.20. The van der Waals surface area contributed by atoms with E-state index in [9.17, 15) is 0 Å². The largest absolute Gasteiger partial charge is 0.383 e. The van der Waals surface area contributed by atoms with Gasteiger partial charge in [0, 0.05) is 11.1 Å². The zero-order chi connectivity index (χ0) is 12.9. The zero-order valence-corrected chi connectivity index (χ0v) is 11.6. The van der Waals surface area contributed by atoms with Crippen LogP contribution in [0.15, 0.2) is 23.6 Å². The molecule has 2 N–H and O–H groups in total. The fraction of sp³-hybridized carbons (Fsp3) is 0.154. The molecule has 3 aromatic heterocycles. The Balaban J connectivity index is 2.32. The maximum Gasteiger partial charge on any atom is 0.139 e. The van der Waals surface area contributed by atoms with E-state index >= 15 is 0 Å². The lowest BCUT2D eigenvalue weighted by Gasteiger charge is -2.03. The second kappa shape index (κ2) is 4.00. The number of hydrogen-bond donors (Lipinski definition) is 1. The molecule has 3 aromatic rings. The van der Waals surface area contributed by atoms with Crippen LogP contribution in [-0.4, -0.2) is 9.38 Å². The van der Waals surface area contributed by atoms with Crippen molar-refractivity contribution in [2.75, 3.05) is 5.73 Å². The van der Waals surface area contributed by atoms with E-state index in [1.807, 2.05) is 28.8 Å². The van der Waals surface area contributed by atoms with Crippen molar-refractivity contribution in [1.82, 2.24) is 9.38 Å². The summed E-state index contributed by atoms with van der Waals surface area (Å²) in [4.78, 5) is 5.61. The molecule has 0 amide bonds. The van der Waals surface area contributed by atoms with Crippen LogP contribution in [0.4, 0.5) is 5.82 Å². The number of nitrogens with two attached hydrogens (primary N) is 1. The smallest absolute Gasteiger partial charge is 0.139 e. The van der Waals surface area contributed by atoms with E-state index in [0.717, 1.165) is 26.9 Å². The van der Waals surface area contributed by atoms with E-state index in [-0.39, 0.29) is 0 Å². The summed E-state index contributed by atoms with van der Waals surface area (Å²) in [5.41, 5.74) is 10.1. The van der Waals surface area contributed by atoms with Gasteiger partial charge in [-0.3, -0.25) is 4.40 Å². The number of hydrogen-bond acceptors (Lipinski definition) is 3. The molecule has 0 spiro atoms. The van der Waals surface area contributed by atoms with Crippen LogP contribution in [0.3, 0.4) is 0 Å². The minimum Gasteiger partial charge on any atom is -0.383 e. The minimum absolute atomic E-state index is 0.668. The van der Waals surface area contributed by atoms with E-state index in [1.54, 1.807) is 11.3 Å². The van der Waals surface area contributed by atoms with Crippen molar-refractivity contribution < 1.29 is 0 Å². The SMILES string of the molecule is Cc1cc(C)n2c(N)c(-c3cc(Cl)cs3)nc2c1. The number of rotatable bonds is 1. The summed E-state index contributed by atoms with van der Waals surface area (Å²) in [6.07, 6.45) is 0. The number of nitrogens with zero attached hydrogens (tertiary/aromatic N) is 2. The topological polar surface area (TPSA) is 43.3 Å². The molecule has 0 unspecified atom stereocenters. The zero-order valence-electron chi connectivity index (χ0n) is 10.1. The second-order valence-electron chi connectivity index (χ2n) is 4.34. The van der Waals surface area contributed by atoms with Gasteiger partial charge in [0.2, 0.25) is 0 Å². The van der Waals surface area contributed by atoms with Crippen LogP contribution in [0, 0.1) is 13.8 Å². The Morgan fingerprint density at radius 3 is 2.72 bits per heavy atom. The first-order valence-electron chi connectivity index (χ1n) is 5.56. The second-order valence-corrected chi connectivity index (χ2v) is 5.69. The third-order valence-electron chi connectivity index (χ3n) is 2.89. The van der Waals surface area contributed by atoms with Crippen molar-refractivity contribution in [3.8, 4) is 10.6 Å². The third-order valence-corrected chi connectivity index (χ3v) is 4.17. The van der Waals surface area contributed by atoms with Crippen LogP contribution < -0.4 is 5.73 Å². The van der Waals surface area contributed by atoms with E-state index < -0.39 is 0 Å². The Bertz CT molecular complexity index is 742. The molecule has 0 aliphatic rings.